The maximum absolute atomic E-state index is 13.1. The van der Waals surface area contributed by atoms with Crippen molar-refractivity contribution >= 4 is 40.6 Å². The van der Waals surface area contributed by atoms with E-state index in [0.717, 1.165) is 14.0 Å². The number of nitrogens with one attached hydrogen (secondary N) is 1. The van der Waals surface area contributed by atoms with Crippen molar-refractivity contribution in [2.45, 2.75) is 13.2 Å². The number of ether oxygens (including phenoxy) is 2. The van der Waals surface area contributed by atoms with Gasteiger partial charge < -0.3 is 14.8 Å². The summed E-state index contributed by atoms with van der Waals surface area (Å²) in [4.78, 5) is 26.2. The monoisotopic (exact) mass is 576 g/mol. The van der Waals surface area contributed by atoms with Crippen molar-refractivity contribution in [2.24, 2.45) is 0 Å². The van der Waals surface area contributed by atoms with Crippen LogP contribution in [0.2, 0.25) is 0 Å². The predicted molar refractivity (Wildman–Crippen MR) is 130 cm³/mol. The summed E-state index contributed by atoms with van der Waals surface area (Å²) in [5.41, 5.74) is 2.17. The summed E-state index contributed by atoms with van der Waals surface area (Å²) in [6.07, 6.45) is 1.55. The van der Waals surface area contributed by atoms with E-state index in [1.54, 1.807) is 30.3 Å². The SMILES string of the molecule is COc1cc(/C=C2/NC(=O)N(Cc3ccc(F)cc3)C2=O)cc(I)c1OCc1ccc(F)cc1. The van der Waals surface area contributed by atoms with Crippen molar-refractivity contribution in [3.63, 3.8) is 0 Å². The van der Waals surface area contributed by atoms with Crippen LogP contribution < -0.4 is 14.8 Å². The molecule has 34 heavy (non-hydrogen) atoms. The lowest BCUT2D eigenvalue weighted by Crippen LogP contribution is -2.30. The van der Waals surface area contributed by atoms with E-state index in [0.29, 0.717) is 22.6 Å². The Hall–Kier alpha value is -3.47. The van der Waals surface area contributed by atoms with E-state index in [2.05, 4.69) is 27.9 Å². The van der Waals surface area contributed by atoms with Crippen LogP contribution in [0.5, 0.6) is 11.5 Å². The molecule has 4 rings (SSSR count). The molecule has 3 aromatic rings. The van der Waals surface area contributed by atoms with Gasteiger partial charge in [-0.05, 0) is 81.8 Å². The Morgan fingerprint density at radius 2 is 1.59 bits per heavy atom. The highest BCUT2D eigenvalue weighted by molar-refractivity contribution is 14.1. The van der Waals surface area contributed by atoms with Crippen LogP contribution >= 0.6 is 22.6 Å². The third kappa shape index (κ3) is 5.36. The molecule has 1 saturated heterocycles. The fraction of sp³-hybridized carbons (Fsp3) is 0.120. The maximum atomic E-state index is 13.1. The molecule has 1 heterocycles. The van der Waals surface area contributed by atoms with Crippen LogP contribution in [0, 0.1) is 15.2 Å². The van der Waals surface area contributed by atoms with Crippen LogP contribution in [-0.2, 0) is 17.9 Å². The van der Waals surface area contributed by atoms with Crippen LogP contribution in [0.15, 0.2) is 66.4 Å². The first-order valence-corrected chi connectivity index (χ1v) is 11.3. The van der Waals surface area contributed by atoms with Crippen LogP contribution in [0.3, 0.4) is 0 Å². The molecular weight excluding hydrogens is 557 g/mol. The second-order valence-corrected chi connectivity index (χ2v) is 8.62. The van der Waals surface area contributed by atoms with Crippen molar-refractivity contribution in [3.8, 4) is 11.5 Å². The zero-order valence-corrected chi connectivity index (χ0v) is 20.1. The highest BCUT2D eigenvalue weighted by Gasteiger charge is 2.33. The average Bonchev–Trinajstić information content (AvgIpc) is 3.07. The van der Waals surface area contributed by atoms with E-state index < -0.39 is 17.8 Å². The fourth-order valence-electron chi connectivity index (χ4n) is 3.35. The minimum absolute atomic E-state index is 0.0271. The maximum Gasteiger partial charge on any atom is 0.329 e. The molecule has 1 aliphatic heterocycles. The molecule has 0 aromatic heterocycles. The minimum atomic E-state index is -0.554. The number of imide groups is 1. The second-order valence-electron chi connectivity index (χ2n) is 7.46. The topological polar surface area (TPSA) is 67.9 Å². The van der Waals surface area contributed by atoms with Crippen LogP contribution in [-0.4, -0.2) is 23.9 Å². The van der Waals surface area contributed by atoms with E-state index >= 15 is 0 Å². The molecule has 3 aromatic carbocycles. The van der Waals surface area contributed by atoms with Crippen molar-refractivity contribution in [1.82, 2.24) is 10.2 Å². The summed E-state index contributed by atoms with van der Waals surface area (Å²) in [7, 11) is 1.50. The van der Waals surface area contributed by atoms with E-state index in [1.807, 2.05) is 0 Å². The van der Waals surface area contributed by atoms with Gasteiger partial charge in [0.25, 0.3) is 5.91 Å². The molecule has 0 atom stereocenters. The Morgan fingerprint density at radius 3 is 2.21 bits per heavy atom. The Bertz CT molecular complexity index is 1260. The quantitative estimate of drug-likeness (QED) is 0.237. The van der Waals surface area contributed by atoms with Crippen LogP contribution in [0.1, 0.15) is 16.7 Å². The Balaban J connectivity index is 1.52. The first-order chi connectivity index (χ1) is 16.3. The molecule has 0 radical (unpaired) electrons. The number of hydrogen-bond acceptors (Lipinski definition) is 4. The molecule has 3 amide bonds. The number of carbonyl (C=O) groups is 2. The molecule has 0 aliphatic carbocycles. The van der Waals surface area contributed by atoms with Crippen LogP contribution in [0.4, 0.5) is 13.6 Å². The number of carbonyl (C=O) groups excluding carboxylic acids is 2. The van der Waals surface area contributed by atoms with Gasteiger partial charge >= 0.3 is 6.03 Å². The lowest BCUT2D eigenvalue weighted by Gasteiger charge is -2.14. The van der Waals surface area contributed by atoms with Gasteiger partial charge in [-0.15, -0.1) is 0 Å². The van der Waals surface area contributed by atoms with Crippen molar-refractivity contribution in [2.75, 3.05) is 7.11 Å². The van der Waals surface area contributed by atoms with Crippen molar-refractivity contribution in [3.05, 3.63) is 98.3 Å². The van der Waals surface area contributed by atoms with Gasteiger partial charge in [0, 0.05) is 0 Å². The third-order valence-electron chi connectivity index (χ3n) is 5.08. The number of rotatable bonds is 7. The van der Waals surface area contributed by atoms with Crippen molar-refractivity contribution in [1.29, 1.82) is 0 Å². The first-order valence-electron chi connectivity index (χ1n) is 10.2. The molecular formula is C25H19F2IN2O4. The summed E-state index contributed by atoms with van der Waals surface area (Å²) >= 11 is 2.09. The molecule has 0 unspecified atom stereocenters. The highest BCUT2D eigenvalue weighted by atomic mass is 127. The lowest BCUT2D eigenvalue weighted by molar-refractivity contribution is -0.123. The molecule has 0 bridgehead atoms. The van der Waals surface area contributed by atoms with Gasteiger partial charge in [0.05, 0.1) is 17.2 Å². The second kappa shape index (κ2) is 10.2. The highest BCUT2D eigenvalue weighted by Crippen LogP contribution is 2.35. The number of amides is 3. The molecule has 174 valence electrons. The normalized spacial score (nSPS) is 14.5. The van der Waals surface area contributed by atoms with Gasteiger partial charge in [-0.25, -0.2) is 13.6 Å². The van der Waals surface area contributed by atoms with Gasteiger partial charge in [-0.2, -0.15) is 0 Å². The number of urea groups is 1. The van der Waals surface area contributed by atoms with Gasteiger partial charge in [0.15, 0.2) is 11.5 Å². The molecule has 6 nitrogen and oxygen atoms in total. The Kier molecular flexibility index (Phi) is 7.11. The summed E-state index contributed by atoms with van der Waals surface area (Å²) in [6, 6.07) is 14.5. The molecule has 0 saturated carbocycles. The first kappa shape index (κ1) is 23.7. The average molecular weight is 576 g/mol. The summed E-state index contributed by atoms with van der Waals surface area (Å²) in [5.74, 6) is -0.247. The zero-order valence-electron chi connectivity index (χ0n) is 18.0. The fourth-order valence-corrected chi connectivity index (χ4v) is 4.13. The Morgan fingerprint density at radius 1 is 0.971 bits per heavy atom. The number of halogens is 3. The minimum Gasteiger partial charge on any atom is -0.493 e. The summed E-state index contributed by atoms with van der Waals surface area (Å²) in [5, 5.41) is 2.58. The number of benzene rings is 3. The van der Waals surface area contributed by atoms with Gasteiger partial charge in [0.2, 0.25) is 0 Å². The number of hydrogen-bond donors (Lipinski definition) is 1. The summed E-state index contributed by atoms with van der Waals surface area (Å²) < 4.78 is 38.3. The van der Waals surface area contributed by atoms with E-state index in [9.17, 15) is 18.4 Å². The molecule has 0 spiro atoms. The molecule has 1 aliphatic rings. The third-order valence-corrected chi connectivity index (χ3v) is 5.88. The zero-order chi connectivity index (χ0) is 24.2. The van der Waals surface area contributed by atoms with Gasteiger partial charge in [-0.3, -0.25) is 9.69 Å². The lowest BCUT2D eigenvalue weighted by atomic mass is 10.1. The van der Waals surface area contributed by atoms with Crippen LogP contribution in [0.25, 0.3) is 6.08 Å². The molecule has 9 heteroatoms. The Labute approximate surface area is 208 Å². The van der Waals surface area contributed by atoms with Gasteiger partial charge in [0.1, 0.15) is 23.9 Å². The standard InChI is InChI=1S/C25H19F2IN2O4/c1-33-22-12-17(10-20(28)23(22)34-14-16-4-8-19(27)9-5-16)11-21-24(31)30(25(32)29-21)13-15-2-6-18(26)7-3-15/h2-12H,13-14H2,1H3,(H,29,32)/b21-11+. The predicted octanol–water partition coefficient (Wildman–Crippen LogP) is 5.25. The van der Waals surface area contributed by atoms with E-state index in [1.165, 1.54) is 43.5 Å². The molecule has 1 N–H and O–H groups in total. The number of nitrogens with zero attached hydrogens (tertiary/aromatic N) is 1. The summed E-state index contributed by atoms with van der Waals surface area (Å²) in [6.45, 7) is 0.249. The van der Waals surface area contributed by atoms with E-state index in [-0.39, 0.29) is 24.7 Å². The largest absolute Gasteiger partial charge is 0.493 e. The van der Waals surface area contributed by atoms with Gasteiger partial charge in [-0.1, -0.05) is 24.3 Å². The van der Waals surface area contributed by atoms with Crippen molar-refractivity contribution < 1.29 is 27.8 Å². The van der Waals surface area contributed by atoms with E-state index in [4.69, 9.17) is 9.47 Å². The number of methoxy groups -OCH3 is 1. The smallest absolute Gasteiger partial charge is 0.329 e. The molecule has 1 fully saturated rings.